The summed E-state index contributed by atoms with van der Waals surface area (Å²) in [6.45, 7) is 8.04. The predicted molar refractivity (Wildman–Crippen MR) is 105 cm³/mol. The van der Waals surface area contributed by atoms with E-state index >= 15 is 0 Å². The van der Waals surface area contributed by atoms with Gasteiger partial charge in [-0.25, -0.2) is 4.98 Å². The summed E-state index contributed by atoms with van der Waals surface area (Å²) in [5.41, 5.74) is 3.52. The van der Waals surface area contributed by atoms with Gasteiger partial charge in [0, 0.05) is 48.1 Å². The van der Waals surface area contributed by atoms with Crippen molar-refractivity contribution in [2.45, 2.75) is 26.7 Å². The third-order valence-corrected chi connectivity index (χ3v) is 5.19. The minimum absolute atomic E-state index is 0.676. The zero-order chi connectivity index (χ0) is 18.1. The lowest BCUT2D eigenvalue weighted by Crippen LogP contribution is -2.47. The van der Waals surface area contributed by atoms with Gasteiger partial charge in [0.05, 0.1) is 0 Å². The van der Waals surface area contributed by atoms with Gasteiger partial charge in [0.1, 0.15) is 12.1 Å². The summed E-state index contributed by atoms with van der Waals surface area (Å²) in [7, 11) is 0. The van der Waals surface area contributed by atoms with E-state index in [0.717, 1.165) is 55.6 Å². The Labute approximate surface area is 158 Å². The Bertz CT molecular complexity index is 914. The fourth-order valence-corrected chi connectivity index (χ4v) is 3.87. The lowest BCUT2D eigenvalue weighted by molar-refractivity contribution is 0.633. The Balaban J connectivity index is 1.63. The minimum atomic E-state index is 0.676. The molecule has 1 aliphatic heterocycles. The standard InChI is InChI=1S/C19H23ClN6/c1-3-5-17-14(2)23-19-21-13-22-26(19)18(17)25-10-8-24(9-11-25)16-7-4-6-15(20)12-16/h4,6-7,12-13H,3,5,8-11H2,1-2H3. The third kappa shape index (κ3) is 3.09. The van der Waals surface area contributed by atoms with Gasteiger partial charge in [0.2, 0.25) is 0 Å². The maximum Gasteiger partial charge on any atom is 0.254 e. The van der Waals surface area contributed by atoms with Crippen LogP contribution in [0.5, 0.6) is 0 Å². The first-order valence-corrected chi connectivity index (χ1v) is 9.50. The first-order valence-electron chi connectivity index (χ1n) is 9.12. The molecule has 0 radical (unpaired) electrons. The fraction of sp³-hybridized carbons (Fsp3) is 0.421. The maximum absolute atomic E-state index is 6.15. The molecule has 1 aromatic carbocycles. The monoisotopic (exact) mass is 370 g/mol. The van der Waals surface area contributed by atoms with Crippen LogP contribution in [0.2, 0.25) is 5.02 Å². The minimum Gasteiger partial charge on any atom is -0.368 e. The van der Waals surface area contributed by atoms with Gasteiger partial charge in [-0.15, -0.1) is 0 Å². The molecule has 0 spiro atoms. The van der Waals surface area contributed by atoms with Crippen LogP contribution in [0, 0.1) is 6.92 Å². The van der Waals surface area contributed by atoms with Crippen LogP contribution in [-0.2, 0) is 6.42 Å². The predicted octanol–water partition coefficient (Wildman–Crippen LogP) is 3.37. The van der Waals surface area contributed by atoms with Gasteiger partial charge in [0.25, 0.3) is 5.78 Å². The van der Waals surface area contributed by atoms with Gasteiger partial charge >= 0.3 is 0 Å². The number of hydrogen-bond donors (Lipinski definition) is 0. The molecule has 3 aromatic rings. The summed E-state index contributed by atoms with van der Waals surface area (Å²) in [5.74, 6) is 1.83. The molecule has 0 amide bonds. The first-order chi connectivity index (χ1) is 12.7. The zero-order valence-corrected chi connectivity index (χ0v) is 15.9. The number of aryl methyl sites for hydroxylation is 1. The van der Waals surface area contributed by atoms with Crippen molar-refractivity contribution in [2.24, 2.45) is 0 Å². The molecule has 1 saturated heterocycles. The Hall–Kier alpha value is -2.34. The van der Waals surface area contributed by atoms with E-state index < -0.39 is 0 Å². The summed E-state index contributed by atoms with van der Waals surface area (Å²) in [5, 5.41) is 5.22. The van der Waals surface area contributed by atoms with Crippen LogP contribution in [0.4, 0.5) is 11.5 Å². The molecular weight excluding hydrogens is 348 g/mol. The average Bonchev–Trinajstić information content (AvgIpc) is 3.10. The van der Waals surface area contributed by atoms with Crippen molar-refractivity contribution in [3.05, 3.63) is 46.9 Å². The number of halogens is 1. The highest BCUT2D eigenvalue weighted by Crippen LogP contribution is 2.27. The average molecular weight is 371 g/mol. The second kappa shape index (κ2) is 7.11. The number of benzene rings is 1. The molecule has 4 rings (SSSR count). The molecule has 2 aromatic heterocycles. The van der Waals surface area contributed by atoms with Crippen molar-refractivity contribution in [2.75, 3.05) is 36.0 Å². The molecule has 0 N–H and O–H groups in total. The second-order valence-electron chi connectivity index (χ2n) is 6.68. The molecule has 26 heavy (non-hydrogen) atoms. The smallest absolute Gasteiger partial charge is 0.254 e. The van der Waals surface area contributed by atoms with E-state index in [4.69, 9.17) is 11.6 Å². The zero-order valence-electron chi connectivity index (χ0n) is 15.2. The van der Waals surface area contributed by atoms with Crippen LogP contribution in [0.15, 0.2) is 30.6 Å². The Morgan fingerprint density at radius 2 is 1.88 bits per heavy atom. The van der Waals surface area contributed by atoms with Crippen molar-refractivity contribution in [3.63, 3.8) is 0 Å². The summed E-state index contributed by atoms with van der Waals surface area (Å²) in [6.07, 6.45) is 3.67. The molecular formula is C19H23ClN6. The molecule has 136 valence electrons. The summed E-state index contributed by atoms with van der Waals surface area (Å²) in [6, 6.07) is 8.08. The van der Waals surface area contributed by atoms with Crippen LogP contribution >= 0.6 is 11.6 Å². The Morgan fingerprint density at radius 3 is 2.62 bits per heavy atom. The maximum atomic E-state index is 6.15. The highest BCUT2D eigenvalue weighted by molar-refractivity contribution is 6.30. The van der Waals surface area contributed by atoms with E-state index in [9.17, 15) is 0 Å². The number of aromatic nitrogens is 4. The molecule has 3 heterocycles. The summed E-state index contributed by atoms with van der Waals surface area (Å²) >= 11 is 6.15. The lowest BCUT2D eigenvalue weighted by atomic mass is 10.1. The van der Waals surface area contributed by atoms with Gasteiger partial charge < -0.3 is 9.80 Å². The van der Waals surface area contributed by atoms with Crippen molar-refractivity contribution in [1.82, 2.24) is 19.6 Å². The highest BCUT2D eigenvalue weighted by atomic mass is 35.5. The quantitative estimate of drug-likeness (QED) is 0.704. The van der Waals surface area contributed by atoms with Crippen LogP contribution in [0.3, 0.4) is 0 Å². The largest absolute Gasteiger partial charge is 0.368 e. The van der Waals surface area contributed by atoms with Crippen LogP contribution in [0.1, 0.15) is 24.6 Å². The van der Waals surface area contributed by atoms with Gasteiger partial charge in [-0.2, -0.15) is 14.6 Å². The van der Waals surface area contributed by atoms with E-state index in [1.807, 2.05) is 22.7 Å². The van der Waals surface area contributed by atoms with Crippen molar-refractivity contribution in [1.29, 1.82) is 0 Å². The van der Waals surface area contributed by atoms with E-state index in [0.29, 0.717) is 5.78 Å². The number of fused-ring (bicyclic) bond motifs is 1. The first kappa shape index (κ1) is 17.1. The van der Waals surface area contributed by atoms with E-state index in [1.165, 1.54) is 11.3 Å². The number of piperazine rings is 1. The molecule has 6 nitrogen and oxygen atoms in total. The van der Waals surface area contributed by atoms with Crippen molar-refractivity contribution < 1.29 is 0 Å². The SMILES string of the molecule is CCCc1c(C)nc2ncnn2c1N1CCN(c2cccc(Cl)c2)CC1. The van der Waals surface area contributed by atoms with Crippen molar-refractivity contribution in [3.8, 4) is 0 Å². The Morgan fingerprint density at radius 1 is 1.12 bits per heavy atom. The number of anilines is 2. The van der Waals surface area contributed by atoms with Gasteiger partial charge in [0.15, 0.2) is 0 Å². The second-order valence-corrected chi connectivity index (χ2v) is 7.11. The summed E-state index contributed by atoms with van der Waals surface area (Å²) < 4.78 is 1.90. The molecule has 7 heteroatoms. The lowest BCUT2D eigenvalue weighted by Gasteiger charge is -2.38. The molecule has 0 atom stereocenters. The molecule has 1 aliphatic rings. The topological polar surface area (TPSA) is 49.6 Å². The van der Waals surface area contributed by atoms with Gasteiger partial charge in [-0.1, -0.05) is 31.0 Å². The number of hydrogen-bond acceptors (Lipinski definition) is 5. The van der Waals surface area contributed by atoms with Crippen LogP contribution < -0.4 is 9.80 Å². The highest BCUT2D eigenvalue weighted by Gasteiger charge is 2.24. The van der Waals surface area contributed by atoms with Gasteiger partial charge in [-0.3, -0.25) is 0 Å². The normalized spacial score (nSPS) is 15.0. The van der Waals surface area contributed by atoms with E-state index in [2.05, 4.69) is 44.8 Å². The van der Waals surface area contributed by atoms with Gasteiger partial charge in [-0.05, 0) is 31.5 Å². The summed E-state index contributed by atoms with van der Waals surface area (Å²) in [4.78, 5) is 13.7. The van der Waals surface area contributed by atoms with Crippen molar-refractivity contribution >= 4 is 28.9 Å². The third-order valence-electron chi connectivity index (χ3n) is 4.96. The molecule has 0 bridgehead atoms. The number of nitrogens with zero attached hydrogens (tertiary/aromatic N) is 6. The van der Waals surface area contributed by atoms with E-state index in [1.54, 1.807) is 6.33 Å². The fourth-order valence-electron chi connectivity index (χ4n) is 3.68. The number of rotatable bonds is 4. The molecule has 0 aliphatic carbocycles. The molecule has 0 saturated carbocycles. The van der Waals surface area contributed by atoms with E-state index in [-0.39, 0.29) is 0 Å². The van der Waals surface area contributed by atoms with Crippen LogP contribution in [0.25, 0.3) is 5.78 Å². The Kier molecular flexibility index (Phi) is 4.68. The van der Waals surface area contributed by atoms with Crippen LogP contribution in [-0.4, -0.2) is 45.8 Å². The molecule has 1 fully saturated rings. The molecule has 0 unspecified atom stereocenters.